The minimum atomic E-state index is -1.04. The van der Waals surface area contributed by atoms with Crippen molar-refractivity contribution in [2.45, 2.75) is 11.8 Å². The van der Waals surface area contributed by atoms with Crippen molar-refractivity contribution in [3.05, 3.63) is 60.2 Å². The minimum absolute atomic E-state index is 0.140. The lowest BCUT2D eigenvalue weighted by molar-refractivity contribution is -0.110. The smallest absolute Gasteiger partial charge is 0.336 e. The van der Waals surface area contributed by atoms with Crippen LogP contribution in [-0.2, 0) is 4.79 Å². The van der Waals surface area contributed by atoms with Gasteiger partial charge in [0, 0.05) is 11.8 Å². The molecule has 0 unspecified atom stereocenters. The van der Waals surface area contributed by atoms with Crippen molar-refractivity contribution in [2.24, 2.45) is 5.10 Å². The van der Waals surface area contributed by atoms with E-state index >= 15 is 0 Å². The summed E-state index contributed by atoms with van der Waals surface area (Å²) in [6.45, 7) is 1.39. The number of hydrogen-bond donors (Lipinski definition) is 2. The molecule has 0 atom stereocenters. The van der Waals surface area contributed by atoms with E-state index in [0.717, 1.165) is 17.4 Å². The van der Waals surface area contributed by atoms with Crippen LogP contribution in [0, 0.1) is 0 Å². The Kier molecular flexibility index (Phi) is 5.32. The maximum absolute atomic E-state index is 11.7. The van der Waals surface area contributed by atoms with Crippen LogP contribution >= 0.6 is 11.8 Å². The monoisotopic (exact) mass is 314 g/mol. The second-order valence-electron chi connectivity index (χ2n) is 4.35. The first kappa shape index (κ1) is 15.8. The first-order valence-corrected chi connectivity index (χ1v) is 7.29. The maximum Gasteiger partial charge on any atom is 0.336 e. The van der Waals surface area contributed by atoms with Gasteiger partial charge in [0.25, 0.3) is 0 Å². The van der Waals surface area contributed by atoms with Crippen molar-refractivity contribution in [1.82, 2.24) is 0 Å². The van der Waals surface area contributed by atoms with Crippen LogP contribution in [0.25, 0.3) is 0 Å². The third-order valence-electron chi connectivity index (χ3n) is 2.69. The molecule has 0 radical (unpaired) electrons. The number of hydrazone groups is 1. The van der Waals surface area contributed by atoms with Crippen LogP contribution in [0.15, 0.2) is 64.6 Å². The maximum atomic E-state index is 11.7. The Morgan fingerprint density at radius 1 is 1.05 bits per heavy atom. The molecule has 0 saturated carbocycles. The number of carboxylic acids is 1. The predicted molar refractivity (Wildman–Crippen MR) is 87.4 cm³/mol. The lowest BCUT2D eigenvalue weighted by Crippen LogP contribution is -2.09. The molecule has 22 heavy (non-hydrogen) atoms. The Morgan fingerprint density at radius 3 is 2.32 bits per heavy atom. The lowest BCUT2D eigenvalue weighted by Gasteiger charge is -2.07. The molecule has 0 spiro atoms. The largest absolute Gasteiger partial charge is 0.478 e. The van der Waals surface area contributed by atoms with Crippen LogP contribution in [0.1, 0.15) is 17.3 Å². The fourth-order valence-electron chi connectivity index (χ4n) is 1.64. The number of Topliss-reactive ketones (excluding diaryl/α,β-unsaturated/α-hetero) is 1. The zero-order chi connectivity index (χ0) is 15.9. The van der Waals surface area contributed by atoms with E-state index in [0.29, 0.717) is 4.90 Å². The quantitative estimate of drug-likeness (QED) is 0.382. The molecule has 2 aromatic rings. The second kappa shape index (κ2) is 7.42. The summed E-state index contributed by atoms with van der Waals surface area (Å²) < 4.78 is 0. The van der Waals surface area contributed by atoms with Gasteiger partial charge < -0.3 is 5.11 Å². The van der Waals surface area contributed by atoms with E-state index in [1.807, 2.05) is 30.3 Å². The molecule has 0 aliphatic carbocycles. The number of ketones is 1. The van der Waals surface area contributed by atoms with E-state index in [-0.39, 0.29) is 16.4 Å². The minimum Gasteiger partial charge on any atom is -0.478 e. The number of anilines is 1. The zero-order valence-corrected chi connectivity index (χ0v) is 12.6. The molecule has 0 saturated heterocycles. The van der Waals surface area contributed by atoms with E-state index in [2.05, 4.69) is 10.5 Å². The van der Waals surface area contributed by atoms with Crippen LogP contribution in [0.3, 0.4) is 0 Å². The van der Waals surface area contributed by atoms with Gasteiger partial charge in [-0.3, -0.25) is 10.2 Å². The summed E-state index contributed by atoms with van der Waals surface area (Å²) in [5.74, 6) is -1.28. The highest BCUT2D eigenvalue weighted by Gasteiger charge is 2.15. The van der Waals surface area contributed by atoms with Gasteiger partial charge in [-0.2, -0.15) is 5.10 Å². The predicted octanol–water partition coefficient (Wildman–Crippen LogP) is 3.49. The number of rotatable bonds is 5. The van der Waals surface area contributed by atoms with Gasteiger partial charge in [-0.25, -0.2) is 4.79 Å². The number of nitrogens with zero attached hydrogens (tertiary/aromatic N) is 1. The van der Waals surface area contributed by atoms with Crippen LogP contribution in [0.2, 0.25) is 0 Å². The molecule has 5 nitrogen and oxygen atoms in total. The summed E-state index contributed by atoms with van der Waals surface area (Å²) in [6, 6.07) is 15.7. The summed E-state index contributed by atoms with van der Waals surface area (Å²) in [5.41, 5.74) is 3.68. The number of thioether (sulfide) groups is 1. The Labute approximate surface area is 132 Å². The SMILES string of the molecule is CC(=O)/C(=N/Nc1ccccc1)Sc1ccccc1C(=O)O. The number of carboxylic acid groups (broad SMARTS) is 1. The summed E-state index contributed by atoms with van der Waals surface area (Å²) in [7, 11) is 0. The highest BCUT2D eigenvalue weighted by molar-refractivity contribution is 8.15. The molecule has 0 heterocycles. The summed E-state index contributed by atoms with van der Waals surface area (Å²) >= 11 is 1.03. The zero-order valence-electron chi connectivity index (χ0n) is 11.8. The van der Waals surface area contributed by atoms with Gasteiger partial charge in [-0.1, -0.05) is 42.1 Å². The average molecular weight is 314 g/mol. The molecule has 2 rings (SSSR count). The fraction of sp³-hybridized carbons (Fsp3) is 0.0625. The molecule has 0 fully saturated rings. The molecule has 112 valence electrons. The van der Waals surface area contributed by atoms with Gasteiger partial charge in [0.2, 0.25) is 0 Å². The van der Waals surface area contributed by atoms with Crippen molar-refractivity contribution >= 4 is 34.2 Å². The molecular weight excluding hydrogens is 300 g/mol. The number of benzene rings is 2. The molecule has 0 aromatic heterocycles. The summed E-state index contributed by atoms with van der Waals surface area (Å²) in [6.07, 6.45) is 0. The van der Waals surface area contributed by atoms with Crippen molar-refractivity contribution < 1.29 is 14.7 Å². The highest BCUT2D eigenvalue weighted by atomic mass is 32.2. The van der Waals surface area contributed by atoms with Gasteiger partial charge in [0.1, 0.15) is 0 Å². The van der Waals surface area contributed by atoms with Crippen molar-refractivity contribution in [3.8, 4) is 0 Å². The highest BCUT2D eigenvalue weighted by Crippen LogP contribution is 2.24. The molecule has 2 N–H and O–H groups in total. The van der Waals surface area contributed by atoms with E-state index in [4.69, 9.17) is 0 Å². The van der Waals surface area contributed by atoms with Gasteiger partial charge in [0.05, 0.1) is 11.3 Å². The van der Waals surface area contributed by atoms with Crippen molar-refractivity contribution in [3.63, 3.8) is 0 Å². The third-order valence-corrected chi connectivity index (χ3v) is 3.83. The Morgan fingerprint density at radius 2 is 1.68 bits per heavy atom. The molecule has 6 heteroatoms. The lowest BCUT2D eigenvalue weighted by atomic mass is 10.2. The topological polar surface area (TPSA) is 78.8 Å². The van der Waals surface area contributed by atoms with Gasteiger partial charge in [-0.15, -0.1) is 0 Å². The first-order chi connectivity index (χ1) is 10.6. The number of carbonyl (C=O) groups is 2. The Bertz CT molecular complexity index is 714. The van der Waals surface area contributed by atoms with E-state index in [9.17, 15) is 14.7 Å². The Balaban J connectivity index is 2.23. The van der Waals surface area contributed by atoms with Crippen molar-refractivity contribution in [2.75, 3.05) is 5.43 Å². The number of para-hydroxylation sites is 1. The average Bonchev–Trinajstić information content (AvgIpc) is 2.52. The van der Waals surface area contributed by atoms with E-state index in [1.54, 1.807) is 18.2 Å². The summed E-state index contributed by atoms with van der Waals surface area (Å²) in [5, 5.41) is 13.4. The normalized spacial score (nSPS) is 11.0. The van der Waals surface area contributed by atoms with Gasteiger partial charge >= 0.3 is 5.97 Å². The van der Waals surface area contributed by atoms with Crippen LogP contribution in [0.4, 0.5) is 5.69 Å². The van der Waals surface area contributed by atoms with E-state index in [1.165, 1.54) is 13.0 Å². The Hall–Kier alpha value is -2.60. The first-order valence-electron chi connectivity index (χ1n) is 6.48. The molecule has 0 aliphatic rings. The number of hydrogen-bond acceptors (Lipinski definition) is 5. The van der Waals surface area contributed by atoms with Crippen molar-refractivity contribution in [1.29, 1.82) is 0 Å². The summed E-state index contributed by atoms with van der Waals surface area (Å²) in [4.78, 5) is 23.4. The number of nitrogens with one attached hydrogen (secondary N) is 1. The molecule has 0 bridgehead atoms. The molecule has 0 amide bonds. The van der Waals surface area contributed by atoms with Crippen LogP contribution in [0.5, 0.6) is 0 Å². The van der Waals surface area contributed by atoms with Gasteiger partial charge in [-0.05, 0) is 24.3 Å². The molecular formula is C16H14N2O3S. The second-order valence-corrected chi connectivity index (χ2v) is 5.38. The van der Waals surface area contributed by atoms with Gasteiger partial charge in [0.15, 0.2) is 10.8 Å². The number of aromatic carboxylic acids is 1. The standard InChI is InChI=1S/C16H14N2O3S/c1-11(19)15(18-17-12-7-3-2-4-8-12)22-14-10-6-5-9-13(14)16(20)21/h2-10,17H,1H3,(H,20,21)/b18-15-. The number of carbonyl (C=O) groups excluding carboxylic acids is 1. The van der Waals surface area contributed by atoms with E-state index < -0.39 is 5.97 Å². The molecule has 2 aromatic carbocycles. The van der Waals surface area contributed by atoms with Crippen LogP contribution < -0.4 is 5.43 Å². The fourth-order valence-corrected chi connectivity index (χ4v) is 2.49. The van der Waals surface area contributed by atoms with Crippen LogP contribution in [-0.4, -0.2) is 21.9 Å². The molecule has 0 aliphatic heterocycles. The third kappa shape index (κ3) is 4.20.